The number of ether oxygens (including phenoxy) is 3. The summed E-state index contributed by atoms with van der Waals surface area (Å²) < 4.78 is 52.9. The second-order valence-corrected chi connectivity index (χ2v) is 8.04. The number of nitrogens with zero attached hydrogens (tertiary/aromatic N) is 1. The highest BCUT2D eigenvalue weighted by atomic mass is 35.5. The minimum atomic E-state index is -4.79. The van der Waals surface area contributed by atoms with E-state index in [0.717, 1.165) is 5.56 Å². The van der Waals surface area contributed by atoms with Crippen molar-refractivity contribution < 1.29 is 32.2 Å². The van der Waals surface area contributed by atoms with E-state index >= 15 is 0 Å². The fourth-order valence-electron chi connectivity index (χ4n) is 3.94. The van der Waals surface area contributed by atoms with E-state index in [4.69, 9.17) is 21.1 Å². The Kier molecular flexibility index (Phi) is 6.66. The van der Waals surface area contributed by atoms with E-state index in [-0.39, 0.29) is 31.0 Å². The fourth-order valence-corrected chi connectivity index (χ4v) is 4.16. The second kappa shape index (κ2) is 9.46. The average molecular weight is 471 g/mol. The van der Waals surface area contributed by atoms with Gasteiger partial charge < -0.3 is 24.4 Å². The van der Waals surface area contributed by atoms with Gasteiger partial charge in [0.1, 0.15) is 5.75 Å². The number of para-hydroxylation sites is 1. The first-order valence-corrected chi connectivity index (χ1v) is 10.6. The van der Waals surface area contributed by atoms with E-state index < -0.39 is 6.36 Å². The van der Waals surface area contributed by atoms with E-state index in [2.05, 4.69) is 10.1 Å². The van der Waals surface area contributed by atoms with Gasteiger partial charge in [0, 0.05) is 42.2 Å². The molecule has 2 aromatic rings. The van der Waals surface area contributed by atoms with Crippen molar-refractivity contribution in [3.8, 4) is 17.2 Å². The van der Waals surface area contributed by atoms with Crippen molar-refractivity contribution in [1.82, 2.24) is 10.2 Å². The SMILES string of the molecule is O=C1CCC(CCNCc2cc3c(cc2Cl)OCO3)N1Cc1ccccc1OC(F)(F)F. The Labute approximate surface area is 188 Å². The summed E-state index contributed by atoms with van der Waals surface area (Å²) in [6.45, 7) is 1.37. The largest absolute Gasteiger partial charge is 0.573 e. The molecule has 1 N–H and O–H groups in total. The molecule has 0 saturated carbocycles. The topological polar surface area (TPSA) is 60.0 Å². The highest BCUT2D eigenvalue weighted by Gasteiger charge is 2.34. The quantitative estimate of drug-likeness (QED) is 0.570. The zero-order valence-corrected chi connectivity index (χ0v) is 17.8. The van der Waals surface area contributed by atoms with Crippen LogP contribution in [0, 0.1) is 0 Å². The number of alkyl halides is 3. The molecule has 1 amide bonds. The van der Waals surface area contributed by atoms with E-state index in [1.54, 1.807) is 23.1 Å². The number of rotatable bonds is 8. The summed E-state index contributed by atoms with van der Waals surface area (Å²) in [5, 5.41) is 3.88. The maximum atomic E-state index is 12.7. The number of nitrogens with one attached hydrogen (secondary N) is 1. The summed E-state index contributed by atoms with van der Waals surface area (Å²) in [6, 6.07) is 9.39. The number of likely N-dealkylation sites (tertiary alicyclic amines) is 1. The lowest BCUT2D eigenvalue weighted by Gasteiger charge is -2.26. The number of hydrogen-bond donors (Lipinski definition) is 1. The monoisotopic (exact) mass is 470 g/mol. The Balaban J connectivity index is 1.33. The van der Waals surface area contributed by atoms with Gasteiger partial charge in [0.15, 0.2) is 11.5 Å². The maximum absolute atomic E-state index is 12.7. The van der Waals surface area contributed by atoms with E-state index in [1.165, 1.54) is 12.1 Å². The first-order chi connectivity index (χ1) is 15.3. The number of benzene rings is 2. The third-order valence-electron chi connectivity index (χ3n) is 5.50. The third kappa shape index (κ3) is 5.39. The average Bonchev–Trinajstić information content (AvgIpc) is 3.32. The smallest absolute Gasteiger partial charge is 0.454 e. The Hall–Kier alpha value is -2.65. The van der Waals surface area contributed by atoms with Crippen molar-refractivity contribution in [2.45, 2.75) is 44.8 Å². The number of amides is 1. The van der Waals surface area contributed by atoms with Crippen LogP contribution in [0.5, 0.6) is 17.2 Å². The van der Waals surface area contributed by atoms with Crippen LogP contribution in [0.3, 0.4) is 0 Å². The van der Waals surface area contributed by atoms with Gasteiger partial charge in [-0.15, -0.1) is 13.2 Å². The highest BCUT2D eigenvalue weighted by molar-refractivity contribution is 6.31. The first kappa shape index (κ1) is 22.5. The molecule has 1 fully saturated rings. The van der Waals surface area contributed by atoms with Crippen LogP contribution in [-0.4, -0.2) is 36.5 Å². The van der Waals surface area contributed by atoms with Gasteiger partial charge in [0.25, 0.3) is 0 Å². The number of fused-ring (bicyclic) bond motifs is 1. The van der Waals surface area contributed by atoms with Gasteiger partial charge in [-0.05, 0) is 37.1 Å². The van der Waals surface area contributed by atoms with Gasteiger partial charge in [-0.25, -0.2) is 0 Å². The molecule has 1 atom stereocenters. The molecule has 0 radical (unpaired) electrons. The Morgan fingerprint density at radius 1 is 1.16 bits per heavy atom. The van der Waals surface area contributed by atoms with Crippen LogP contribution in [-0.2, 0) is 17.9 Å². The molecule has 2 aliphatic heterocycles. The van der Waals surface area contributed by atoms with Gasteiger partial charge in [-0.2, -0.15) is 0 Å². The summed E-state index contributed by atoms with van der Waals surface area (Å²) in [5.74, 6) is 0.914. The number of carbonyl (C=O) groups excluding carboxylic acids is 1. The first-order valence-electron chi connectivity index (χ1n) is 10.2. The van der Waals surface area contributed by atoms with E-state index in [9.17, 15) is 18.0 Å². The van der Waals surface area contributed by atoms with Crippen LogP contribution < -0.4 is 19.5 Å². The molecule has 0 aliphatic carbocycles. The van der Waals surface area contributed by atoms with Gasteiger partial charge >= 0.3 is 6.36 Å². The lowest BCUT2D eigenvalue weighted by molar-refractivity contribution is -0.275. The molecule has 10 heteroatoms. The molecule has 1 unspecified atom stereocenters. The molecule has 0 spiro atoms. The number of carbonyl (C=O) groups is 1. The lowest BCUT2D eigenvalue weighted by Crippen LogP contribution is -2.35. The molecule has 4 rings (SSSR count). The summed E-state index contributed by atoms with van der Waals surface area (Å²) >= 11 is 6.29. The normalized spacial score (nSPS) is 17.8. The fraction of sp³-hybridized carbons (Fsp3) is 0.409. The van der Waals surface area contributed by atoms with Crippen molar-refractivity contribution in [1.29, 1.82) is 0 Å². The maximum Gasteiger partial charge on any atom is 0.573 e. The summed E-state index contributed by atoms with van der Waals surface area (Å²) in [5.41, 5.74) is 1.19. The van der Waals surface area contributed by atoms with Crippen molar-refractivity contribution in [2.24, 2.45) is 0 Å². The molecular weight excluding hydrogens is 449 g/mol. The van der Waals surface area contributed by atoms with Crippen molar-refractivity contribution in [3.63, 3.8) is 0 Å². The minimum Gasteiger partial charge on any atom is -0.454 e. The van der Waals surface area contributed by atoms with Crippen molar-refractivity contribution in [2.75, 3.05) is 13.3 Å². The van der Waals surface area contributed by atoms with Crippen LogP contribution in [0.4, 0.5) is 13.2 Å². The van der Waals surface area contributed by atoms with Gasteiger partial charge in [-0.3, -0.25) is 4.79 Å². The molecule has 6 nitrogen and oxygen atoms in total. The predicted octanol–water partition coefficient (Wildman–Crippen LogP) is 4.64. The third-order valence-corrected chi connectivity index (χ3v) is 5.85. The van der Waals surface area contributed by atoms with Crippen LogP contribution in [0.25, 0.3) is 0 Å². The molecule has 0 bridgehead atoms. The highest BCUT2D eigenvalue weighted by Crippen LogP contribution is 2.37. The van der Waals surface area contributed by atoms with Crippen LogP contribution >= 0.6 is 11.6 Å². The molecule has 1 saturated heterocycles. The van der Waals surface area contributed by atoms with Crippen LogP contribution in [0.15, 0.2) is 36.4 Å². The molecule has 172 valence electrons. The molecule has 0 aromatic heterocycles. The summed E-state index contributed by atoms with van der Waals surface area (Å²) in [7, 11) is 0. The van der Waals surface area contributed by atoms with Gasteiger partial charge in [0.2, 0.25) is 12.7 Å². The van der Waals surface area contributed by atoms with Gasteiger partial charge in [-0.1, -0.05) is 29.8 Å². The molecular formula is C22H22ClF3N2O4. The standard InChI is InChI=1S/C22H22ClF3N2O4/c23-17-10-20-19(30-13-31-20)9-15(17)11-27-8-7-16-5-6-21(29)28(16)12-14-3-1-2-4-18(14)32-22(24,25)26/h1-4,9-10,16,27H,5-8,11-13H2. The minimum absolute atomic E-state index is 0.0684. The predicted molar refractivity (Wildman–Crippen MR) is 111 cm³/mol. The zero-order valence-electron chi connectivity index (χ0n) is 17.1. The molecule has 2 aliphatic rings. The van der Waals surface area contributed by atoms with Gasteiger partial charge in [0.05, 0.1) is 0 Å². The van der Waals surface area contributed by atoms with Crippen molar-refractivity contribution >= 4 is 17.5 Å². The number of halogens is 4. The molecule has 2 heterocycles. The Morgan fingerprint density at radius 3 is 2.69 bits per heavy atom. The van der Waals surface area contributed by atoms with Crippen LogP contribution in [0.1, 0.15) is 30.4 Å². The second-order valence-electron chi connectivity index (χ2n) is 7.63. The van der Waals surface area contributed by atoms with Crippen LogP contribution in [0.2, 0.25) is 5.02 Å². The Morgan fingerprint density at radius 2 is 1.91 bits per heavy atom. The zero-order chi connectivity index (χ0) is 22.7. The molecule has 32 heavy (non-hydrogen) atoms. The summed E-state index contributed by atoms with van der Waals surface area (Å²) in [6.07, 6.45) is -3.09. The van der Waals surface area contributed by atoms with E-state index in [1.807, 2.05) is 6.07 Å². The molecule has 2 aromatic carbocycles. The van der Waals surface area contributed by atoms with E-state index in [0.29, 0.717) is 54.4 Å². The summed E-state index contributed by atoms with van der Waals surface area (Å²) in [4.78, 5) is 14.0. The Bertz CT molecular complexity index is 986. The lowest BCUT2D eigenvalue weighted by atomic mass is 10.1. The number of hydrogen-bond acceptors (Lipinski definition) is 5. The van der Waals surface area contributed by atoms with Crippen molar-refractivity contribution in [3.05, 3.63) is 52.5 Å².